The molecular weight excluding hydrogens is 322 g/mol. The summed E-state index contributed by atoms with van der Waals surface area (Å²) in [7, 11) is 0. The van der Waals surface area contributed by atoms with Gasteiger partial charge >= 0.3 is 5.97 Å². The van der Waals surface area contributed by atoms with Crippen LogP contribution in [-0.2, 0) is 16.0 Å². The van der Waals surface area contributed by atoms with Gasteiger partial charge in [-0.15, -0.1) is 11.3 Å². The average Bonchev–Trinajstić information content (AvgIpc) is 3.08. The van der Waals surface area contributed by atoms with Gasteiger partial charge in [-0.3, -0.25) is 4.79 Å². The van der Waals surface area contributed by atoms with E-state index in [1.165, 1.54) is 0 Å². The molecule has 24 heavy (non-hydrogen) atoms. The SMILES string of the molecule is CCCCCCOC(=O)c1ccc(NC(=O)Cc2cccs2)cc1. The molecule has 1 N–H and O–H groups in total. The van der Waals surface area contributed by atoms with Crippen LogP contribution in [0.2, 0.25) is 0 Å². The molecule has 0 saturated heterocycles. The third-order valence-corrected chi connectivity index (χ3v) is 4.43. The summed E-state index contributed by atoms with van der Waals surface area (Å²) < 4.78 is 5.24. The van der Waals surface area contributed by atoms with E-state index in [0.717, 1.165) is 30.6 Å². The Morgan fingerprint density at radius 3 is 2.54 bits per heavy atom. The summed E-state index contributed by atoms with van der Waals surface area (Å²) in [5.74, 6) is -0.383. The molecule has 2 rings (SSSR count). The maximum absolute atomic E-state index is 11.9. The van der Waals surface area contributed by atoms with Gasteiger partial charge in [-0.2, -0.15) is 0 Å². The maximum Gasteiger partial charge on any atom is 0.338 e. The van der Waals surface area contributed by atoms with Crippen LogP contribution in [-0.4, -0.2) is 18.5 Å². The molecule has 2 aromatic rings. The number of hydrogen-bond donors (Lipinski definition) is 1. The first kappa shape index (κ1) is 18.2. The third kappa shape index (κ3) is 6.16. The molecule has 0 aliphatic heterocycles. The van der Waals surface area contributed by atoms with Gasteiger partial charge in [-0.1, -0.05) is 32.3 Å². The highest BCUT2D eigenvalue weighted by atomic mass is 32.1. The van der Waals surface area contributed by atoms with E-state index < -0.39 is 0 Å². The highest BCUT2D eigenvalue weighted by molar-refractivity contribution is 7.10. The lowest BCUT2D eigenvalue weighted by Gasteiger charge is -2.07. The Bertz CT molecular complexity index is 635. The van der Waals surface area contributed by atoms with Crippen LogP contribution in [0.1, 0.15) is 47.8 Å². The van der Waals surface area contributed by atoms with Crippen LogP contribution in [0, 0.1) is 0 Å². The van der Waals surface area contributed by atoms with E-state index in [4.69, 9.17) is 4.74 Å². The topological polar surface area (TPSA) is 55.4 Å². The largest absolute Gasteiger partial charge is 0.462 e. The number of thiophene rings is 1. The predicted molar refractivity (Wildman–Crippen MR) is 97.5 cm³/mol. The van der Waals surface area contributed by atoms with Crippen LogP contribution in [0.4, 0.5) is 5.69 Å². The van der Waals surface area contributed by atoms with Gasteiger partial charge in [0.05, 0.1) is 18.6 Å². The number of carbonyl (C=O) groups is 2. The van der Waals surface area contributed by atoms with Crippen LogP contribution >= 0.6 is 11.3 Å². The number of carbonyl (C=O) groups excluding carboxylic acids is 2. The molecule has 0 aliphatic rings. The molecule has 5 heteroatoms. The van der Waals surface area contributed by atoms with E-state index in [0.29, 0.717) is 24.3 Å². The van der Waals surface area contributed by atoms with E-state index >= 15 is 0 Å². The van der Waals surface area contributed by atoms with Gasteiger partial charge in [-0.25, -0.2) is 4.79 Å². The number of unbranched alkanes of at least 4 members (excludes halogenated alkanes) is 3. The van der Waals surface area contributed by atoms with Gasteiger partial charge in [0.15, 0.2) is 0 Å². The number of amides is 1. The van der Waals surface area contributed by atoms with Crippen LogP contribution in [0.5, 0.6) is 0 Å². The van der Waals surface area contributed by atoms with Gasteiger partial charge in [-0.05, 0) is 42.1 Å². The molecule has 0 atom stereocenters. The number of rotatable bonds is 9. The standard InChI is InChI=1S/C19H23NO3S/c1-2-3-4-5-12-23-19(22)15-8-10-16(11-9-15)20-18(21)14-17-7-6-13-24-17/h6-11,13H,2-5,12,14H2,1H3,(H,20,21). The second-order valence-corrected chi connectivity index (χ2v) is 6.61. The molecule has 0 unspecified atom stereocenters. The highest BCUT2D eigenvalue weighted by Gasteiger charge is 2.08. The Balaban J connectivity index is 1.77. The monoisotopic (exact) mass is 345 g/mol. The Morgan fingerprint density at radius 1 is 1.08 bits per heavy atom. The summed E-state index contributed by atoms with van der Waals surface area (Å²) in [5.41, 5.74) is 1.18. The third-order valence-electron chi connectivity index (χ3n) is 3.55. The summed E-state index contributed by atoms with van der Waals surface area (Å²) in [5, 5.41) is 4.78. The van der Waals surface area contributed by atoms with Crippen LogP contribution in [0.15, 0.2) is 41.8 Å². The fourth-order valence-corrected chi connectivity index (χ4v) is 2.95. The lowest BCUT2D eigenvalue weighted by molar-refractivity contribution is -0.115. The van der Waals surface area contributed by atoms with E-state index in [1.54, 1.807) is 35.6 Å². The molecule has 0 radical (unpaired) electrons. The second-order valence-electron chi connectivity index (χ2n) is 5.58. The fourth-order valence-electron chi connectivity index (χ4n) is 2.24. The Hall–Kier alpha value is -2.14. The van der Waals surface area contributed by atoms with E-state index in [2.05, 4.69) is 12.2 Å². The van der Waals surface area contributed by atoms with Crippen molar-refractivity contribution in [1.82, 2.24) is 0 Å². The Kier molecular flexibility index (Phi) is 7.49. The number of ether oxygens (including phenoxy) is 1. The van der Waals surface area contributed by atoms with Crippen LogP contribution < -0.4 is 5.32 Å². The fraction of sp³-hybridized carbons (Fsp3) is 0.368. The molecule has 4 nitrogen and oxygen atoms in total. The van der Waals surface area contributed by atoms with Gasteiger partial charge in [0.1, 0.15) is 0 Å². The van der Waals surface area contributed by atoms with Crippen molar-refractivity contribution in [1.29, 1.82) is 0 Å². The quantitative estimate of drug-likeness (QED) is 0.531. The minimum atomic E-state index is -0.317. The Labute approximate surface area is 146 Å². The van der Waals surface area contributed by atoms with Crippen molar-refractivity contribution in [3.8, 4) is 0 Å². The molecule has 0 bridgehead atoms. The van der Waals surface area contributed by atoms with Crippen molar-refractivity contribution < 1.29 is 14.3 Å². The van der Waals surface area contributed by atoms with Crippen LogP contribution in [0.3, 0.4) is 0 Å². The summed E-state index contributed by atoms with van der Waals surface area (Å²) in [6.45, 7) is 2.60. The van der Waals surface area contributed by atoms with Crippen molar-refractivity contribution in [2.24, 2.45) is 0 Å². The maximum atomic E-state index is 11.9. The number of hydrogen-bond acceptors (Lipinski definition) is 4. The second kappa shape index (κ2) is 9.88. The Morgan fingerprint density at radius 2 is 1.88 bits per heavy atom. The summed E-state index contributed by atoms with van der Waals surface area (Å²) in [4.78, 5) is 24.9. The summed E-state index contributed by atoms with van der Waals surface area (Å²) >= 11 is 1.56. The molecular formula is C19H23NO3S. The minimum Gasteiger partial charge on any atom is -0.462 e. The lowest BCUT2D eigenvalue weighted by atomic mass is 10.2. The predicted octanol–water partition coefficient (Wildman–Crippen LogP) is 4.67. The molecule has 1 aromatic heterocycles. The summed E-state index contributed by atoms with van der Waals surface area (Å²) in [6.07, 6.45) is 4.67. The smallest absolute Gasteiger partial charge is 0.338 e. The van der Waals surface area contributed by atoms with E-state index in [1.807, 2.05) is 17.5 Å². The van der Waals surface area contributed by atoms with Crippen molar-refractivity contribution in [3.63, 3.8) is 0 Å². The molecule has 1 heterocycles. The lowest BCUT2D eigenvalue weighted by Crippen LogP contribution is -2.14. The van der Waals surface area contributed by atoms with E-state index in [-0.39, 0.29) is 11.9 Å². The zero-order valence-corrected chi connectivity index (χ0v) is 14.7. The number of esters is 1. The molecule has 0 saturated carbocycles. The number of benzene rings is 1. The van der Waals surface area contributed by atoms with Crippen molar-refractivity contribution in [2.45, 2.75) is 39.0 Å². The normalized spacial score (nSPS) is 10.4. The zero-order valence-electron chi connectivity index (χ0n) is 13.9. The van der Waals surface area contributed by atoms with Gasteiger partial charge in [0.25, 0.3) is 0 Å². The van der Waals surface area contributed by atoms with Crippen LogP contribution in [0.25, 0.3) is 0 Å². The van der Waals surface area contributed by atoms with Gasteiger partial charge < -0.3 is 10.1 Å². The molecule has 0 fully saturated rings. The zero-order chi connectivity index (χ0) is 17.2. The van der Waals surface area contributed by atoms with Gasteiger partial charge in [0.2, 0.25) is 5.91 Å². The first-order valence-corrected chi connectivity index (χ1v) is 9.16. The minimum absolute atomic E-state index is 0.0660. The van der Waals surface area contributed by atoms with Crippen molar-refractivity contribution in [2.75, 3.05) is 11.9 Å². The molecule has 0 spiro atoms. The molecule has 1 aromatic carbocycles. The number of nitrogens with one attached hydrogen (secondary N) is 1. The molecule has 128 valence electrons. The first-order chi connectivity index (χ1) is 11.7. The molecule has 1 amide bonds. The van der Waals surface area contributed by atoms with Crippen molar-refractivity contribution in [3.05, 3.63) is 52.2 Å². The number of anilines is 1. The molecule has 0 aliphatic carbocycles. The van der Waals surface area contributed by atoms with Gasteiger partial charge in [0, 0.05) is 10.6 Å². The highest BCUT2D eigenvalue weighted by Crippen LogP contribution is 2.13. The van der Waals surface area contributed by atoms with Crippen molar-refractivity contribution >= 4 is 28.9 Å². The first-order valence-electron chi connectivity index (χ1n) is 8.28. The van der Waals surface area contributed by atoms with E-state index in [9.17, 15) is 9.59 Å². The average molecular weight is 345 g/mol. The summed E-state index contributed by atoms with van der Waals surface area (Å²) in [6, 6.07) is 10.7.